The Hall–Kier alpha value is -1.46. The second kappa shape index (κ2) is 4.90. The van der Waals surface area contributed by atoms with Gasteiger partial charge in [-0.15, -0.1) is 0 Å². The van der Waals surface area contributed by atoms with E-state index >= 15 is 0 Å². The molecule has 1 heterocycles. The first-order chi connectivity index (χ1) is 9.15. The zero-order valence-electron chi connectivity index (χ0n) is 10.8. The Labute approximate surface area is 112 Å². The van der Waals surface area contributed by atoms with Crippen molar-refractivity contribution in [2.75, 3.05) is 13.1 Å². The van der Waals surface area contributed by atoms with Crippen molar-refractivity contribution in [3.8, 4) is 17.2 Å². The quantitative estimate of drug-likeness (QED) is 0.613. The number of phenols is 3. The monoisotopic (exact) mass is 264 g/mol. The molecule has 2 fully saturated rings. The molecule has 0 aromatic heterocycles. The van der Waals surface area contributed by atoms with Crippen LogP contribution in [0.25, 0.3) is 0 Å². The number of nitrogens with zero attached hydrogens (tertiary/aromatic N) is 1. The van der Waals surface area contributed by atoms with Crippen molar-refractivity contribution in [1.82, 2.24) is 10.2 Å². The molecule has 1 aromatic carbocycles. The fourth-order valence-corrected chi connectivity index (χ4v) is 2.73. The van der Waals surface area contributed by atoms with Crippen LogP contribution < -0.4 is 5.32 Å². The van der Waals surface area contributed by atoms with E-state index in [1.165, 1.54) is 18.9 Å². The zero-order chi connectivity index (χ0) is 13.4. The van der Waals surface area contributed by atoms with Gasteiger partial charge in [-0.25, -0.2) is 0 Å². The number of likely N-dealkylation sites (tertiary alicyclic amines) is 1. The van der Waals surface area contributed by atoms with Crippen LogP contribution in [0.5, 0.6) is 17.2 Å². The number of phenolic OH excluding ortho intramolecular Hbond substituents is 3. The van der Waals surface area contributed by atoms with E-state index < -0.39 is 5.75 Å². The molecule has 0 bridgehead atoms. The lowest BCUT2D eigenvalue weighted by Crippen LogP contribution is -2.32. The third-order valence-corrected chi connectivity index (χ3v) is 4.08. The SMILES string of the molecule is Oc1ccc(CNC2CCN(C3CC3)C2)c(O)c1O. The van der Waals surface area contributed by atoms with Crippen LogP contribution in [0.15, 0.2) is 12.1 Å². The van der Waals surface area contributed by atoms with Crippen molar-refractivity contribution in [2.45, 2.75) is 37.9 Å². The number of benzene rings is 1. The summed E-state index contributed by atoms with van der Waals surface area (Å²) in [7, 11) is 0. The summed E-state index contributed by atoms with van der Waals surface area (Å²) in [4.78, 5) is 2.52. The van der Waals surface area contributed by atoms with Gasteiger partial charge in [0.05, 0.1) is 0 Å². The molecule has 1 aliphatic heterocycles. The Kier molecular flexibility index (Phi) is 3.24. The van der Waals surface area contributed by atoms with Gasteiger partial charge in [0, 0.05) is 37.3 Å². The zero-order valence-corrected chi connectivity index (χ0v) is 10.8. The van der Waals surface area contributed by atoms with Crippen LogP contribution in [0, 0.1) is 0 Å². The average molecular weight is 264 g/mol. The Balaban J connectivity index is 1.56. The predicted octanol–water partition coefficient (Wildman–Crippen LogP) is 1.13. The van der Waals surface area contributed by atoms with Crippen LogP contribution >= 0.6 is 0 Å². The highest BCUT2D eigenvalue weighted by molar-refractivity contribution is 5.53. The molecule has 1 aliphatic carbocycles. The van der Waals surface area contributed by atoms with Crippen molar-refractivity contribution in [3.63, 3.8) is 0 Å². The molecule has 5 nitrogen and oxygen atoms in total. The summed E-state index contributed by atoms with van der Waals surface area (Å²) >= 11 is 0. The Morgan fingerprint density at radius 1 is 1.11 bits per heavy atom. The standard InChI is InChI=1S/C14H20N2O3/c17-12-4-1-9(13(18)14(12)19)7-15-10-5-6-16(8-10)11-2-3-11/h1,4,10-11,15,17-19H,2-3,5-8H2. The van der Waals surface area contributed by atoms with Crippen molar-refractivity contribution in [1.29, 1.82) is 0 Å². The lowest BCUT2D eigenvalue weighted by molar-refractivity contribution is 0.317. The maximum absolute atomic E-state index is 9.74. The highest BCUT2D eigenvalue weighted by atomic mass is 16.3. The highest BCUT2D eigenvalue weighted by Crippen LogP contribution is 2.37. The van der Waals surface area contributed by atoms with Gasteiger partial charge in [-0.1, -0.05) is 6.07 Å². The van der Waals surface area contributed by atoms with E-state index in [9.17, 15) is 15.3 Å². The minimum atomic E-state index is -0.440. The largest absolute Gasteiger partial charge is 0.504 e. The van der Waals surface area contributed by atoms with Crippen LogP contribution in [-0.4, -0.2) is 45.4 Å². The predicted molar refractivity (Wildman–Crippen MR) is 71.3 cm³/mol. The molecule has 1 saturated heterocycles. The minimum Gasteiger partial charge on any atom is -0.504 e. The first kappa shape index (κ1) is 12.6. The van der Waals surface area contributed by atoms with E-state index in [1.807, 2.05) is 0 Å². The van der Waals surface area contributed by atoms with E-state index in [2.05, 4.69) is 10.2 Å². The third kappa shape index (κ3) is 2.62. The fourth-order valence-electron chi connectivity index (χ4n) is 2.73. The van der Waals surface area contributed by atoms with Gasteiger partial charge in [-0.2, -0.15) is 0 Å². The molecule has 19 heavy (non-hydrogen) atoms. The number of hydrogen-bond acceptors (Lipinski definition) is 5. The molecular weight excluding hydrogens is 244 g/mol. The smallest absolute Gasteiger partial charge is 0.200 e. The highest BCUT2D eigenvalue weighted by Gasteiger charge is 2.34. The number of rotatable bonds is 4. The van der Waals surface area contributed by atoms with Crippen LogP contribution in [-0.2, 0) is 6.54 Å². The molecule has 5 heteroatoms. The molecule has 3 rings (SSSR count). The molecule has 2 aliphatic rings. The maximum Gasteiger partial charge on any atom is 0.200 e. The summed E-state index contributed by atoms with van der Waals surface area (Å²) in [5.74, 6) is -0.961. The normalized spacial score (nSPS) is 23.9. The van der Waals surface area contributed by atoms with Crippen LogP contribution in [0.2, 0.25) is 0 Å². The topological polar surface area (TPSA) is 76.0 Å². The van der Waals surface area contributed by atoms with E-state index in [0.717, 1.165) is 25.6 Å². The molecule has 1 atom stereocenters. The van der Waals surface area contributed by atoms with E-state index in [0.29, 0.717) is 18.2 Å². The van der Waals surface area contributed by atoms with Crippen molar-refractivity contribution in [2.24, 2.45) is 0 Å². The van der Waals surface area contributed by atoms with Gasteiger partial charge >= 0.3 is 0 Å². The Bertz CT molecular complexity index is 474. The molecular formula is C14H20N2O3. The number of aromatic hydroxyl groups is 3. The lowest BCUT2D eigenvalue weighted by atomic mass is 10.1. The molecule has 1 aromatic rings. The van der Waals surface area contributed by atoms with E-state index in [1.54, 1.807) is 6.07 Å². The van der Waals surface area contributed by atoms with Gasteiger partial charge < -0.3 is 20.6 Å². The van der Waals surface area contributed by atoms with E-state index in [-0.39, 0.29) is 11.5 Å². The summed E-state index contributed by atoms with van der Waals surface area (Å²) in [5, 5.41) is 31.9. The summed E-state index contributed by atoms with van der Waals surface area (Å²) < 4.78 is 0. The van der Waals surface area contributed by atoms with Gasteiger partial charge in [0.1, 0.15) is 0 Å². The summed E-state index contributed by atoms with van der Waals surface area (Å²) in [6.45, 7) is 2.72. The van der Waals surface area contributed by atoms with Crippen LogP contribution in [0.3, 0.4) is 0 Å². The molecule has 0 spiro atoms. The fraction of sp³-hybridized carbons (Fsp3) is 0.571. The molecule has 104 valence electrons. The number of hydrogen-bond donors (Lipinski definition) is 4. The van der Waals surface area contributed by atoms with Crippen LogP contribution in [0.4, 0.5) is 0 Å². The summed E-state index contributed by atoms with van der Waals surface area (Å²) in [6, 6.07) is 4.27. The lowest BCUT2D eigenvalue weighted by Gasteiger charge is -2.16. The average Bonchev–Trinajstić information content (AvgIpc) is 3.15. The minimum absolute atomic E-state index is 0.232. The Morgan fingerprint density at radius 2 is 1.89 bits per heavy atom. The molecule has 1 unspecified atom stereocenters. The van der Waals surface area contributed by atoms with Crippen molar-refractivity contribution >= 4 is 0 Å². The first-order valence-electron chi connectivity index (χ1n) is 6.85. The van der Waals surface area contributed by atoms with Crippen molar-refractivity contribution < 1.29 is 15.3 Å². The van der Waals surface area contributed by atoms with Crippen molar-refractivity contribution in [3.05, 3.63) is 17.7 Å². The molecule has 1 saturated carbocycles. The van der Waals surface area contributed by atoms with Crippen LogP contribution in [0.1, 0.15) is 24.8 Å². The van der Waals surface area contributed by atoms with E-state index in [4.69, 9.17) is 0 Å². The third-order valence-electron chi connectivity index (χ3n) is 4.08. The van der Waals surface area contributed by atoms with Gasteiger partial charge in [0.25, 0.3) is 0 Å². The Morgan fingerprint density at radius 3 is 2.63 bits per heavy atom. The first-order valence-corrected chi connectivity index (χ1v) is 6.85. The second-order valence-electron chi connectivity index (χ2n) is 5.53. The second-order valence-corrected chi connectivity index (χ2v) is 5.53. The summed E-state index contributed by atoms with van der Waals surface area (Å²) in [5.41, 5.74) is 0.611. The molecule has 4 N–H and O–H groups in total. The van der Waals surface area contributed by atoms with Gasteiger partial charge in [0.2, 0.25) is 5.75 Å². The number of nitrogens with one attached hydrogen (secondary N) is 1. The van der Waals surface area contributed by atoms with Gasteiger partial charge in [0.15, 0.2) is 11.5 Å². The maximum atomic E-state index is 9.74. The summed E-state index contributed by atoms with van der Waals surface area (Å²) in [6.07, 6.45) is 3.79. The molecule has 0 radical (unpaired) electrons. The van der Waals surface area contributed by atoms with Gasteiger partial charge in [-0.3, -0.25) is 4.90 Å². The molecule has 0 amide bonds. The van der Waals surface area contributed by atoms with Gasteiger partial charge in [-0.05, 0) is 25.3 Å².